The maximum Gasteiger partial charge on any atom is 0.250 e. The van der Waals surface area contributed by atoms with E-state index in [0.29, 0.717) is 26.2 Å². The largest absolute Gasteiger partial charge is 0.489 e. The first-order chi connectivity index (χ1) is 11.5. The van der Waals surface area contributed by atoms with Gasteiger partial charge in [-0.15, -0.1) is 0 Å². The molecule has 0 radical (unpaired) electrons. The maximum absolute atomic E-state index is 13.3. The van der Waals surface area contributed by atoms with Gasteiger partial charge in [0, 0.05) is 36.9 Å². The third kappa shape index (κ3) is 5.02. The molecule has 2 aromatic rings. The fraction of sp³-hybridized carbons (Fsp3) is 0.368. The number of rotatable bonds is 5. The molecule has 1 fully saturated rings. The van der Waals surface area contributed by atoms with Crippen LogP contribution in [0.3, 0.4) is 0 Å². The Morgan fingerprint density at radius 1 is 1.00 bits per heavy atom. The number of hydrogen-bond acceptors (Lipinski definition) is 2. The van der Waals surface area contributed by atoms with Gasteiger partial charge in [-0.25, -0.2) is 8.78 Å². The Kier molecular flexibility index (Phi) is 5.51. The molecule has 1 aliphatic heterocycles. The van der Waals surface area contributed by atoms with Gasteiger partial charge in [0.1, 0.15) is 12.4 Å². The molecule has 2 nitrogen and oxygen atoms in total. The zero-order chi connectivity index (χ0) is 17.0. The van der Waals surface area contributed by atoms with Crippen molar-refractivity contribution in [1.82, 2.24) is 4.90 Å². The zero-order valence-electron chi connectivity index (χ0n) is 13.4. The summed E-state index contributed by atoms with van der Waals surface area (Å²) in [5.74, 6) is -1.72. The average Bonchev–Trinajstić information content (AvgIpc) is 2.56. The summed E-state index contributed by atoms with van der Waals surface area (Å²) < 4.78 is 33.3. The predicted octanol–water partition coefficient (Wildman–Crippen LogP) is 5.26. The number of piperidine rings is 1. The molecule has 128 valence electrons. The van der Waals surface area contributed by atoms with Gasteiger partial charge in [0.25, 0.3) is 5.92 Å². The van der Waals surface area contributed by atoms with Crippen molar-refractivity contribution in [2.75, 3.05) is 13.1 Å². The third-order valence-corrected chi connectivity index (χ3v) is 4.63. The van der Waals surface area contributed by atoms with Crippen molar-refractivity contribution >= 4 is 15.9 Å². The van der Waals surface area contributed by atoms with Gasteiger partial charge in [-0.1, -0.05) is 46.3 Å². The molecule has 0 saturated carbocycles. The van der Waals surface area contributed by atoms with Crippen LogP contribution in [0.2, 0.25) is 0 Å². The summed E-state index contributed by atoms with van der Waals surface area (Å²) in [5, 5.41) is 0. The van der Waals surface area contributed by atoms with Crippen LogP contribution in [0.25, 0.3) is 0 Å². The average molecular weight is 396 g/mol. The van der Waals surface area contributed by atoms with Crippen LogP contribution in [-0.4, -0.2) is 23.9 Å². The number of nitrogens with zero attached hydrogens (tertiary/aromatic N) is 1. The Hall–Kier alpha value is -1.46. The van der Waals surface area contributed by atoms with Crippen molar-refractivity contribution in [2.24, 2.45) is 0 Å². The van der Waals surface area contributed by atoms with Crippen molar-refractivity contribution in [3.05, 3.63) is 64.1 Å². The van der Waals surface area contributed by atoms with E-state index >= 15 is 0 Å². The van der Waals surface area contributed by atoms with Crippen molar-refractivity contribution in [3.63, 3.8) is 0 Å². The highest BCUT2D eigenvalue weighted by Crippen LogP contribution is 2.29. The second-order valence-electron chi connectivity index (χ2n) is 6.20. The van der Waals surface area contributed by atoms with Crippen molar-refractivity contribution in [3.8, 4) is 5.75 Å². The lowest BCUT2D eigenvalue weighted by molar-refractivity contribution is -0.0566. The van der Waals surface area contributed by atoms with Gasteiger partial charge in [-0.05, 0) is 29.3 Å². The molecule has 1 aliphatic rings. The molecule has 5 heteroatoms. The first kappa shape index (κ1) is 17.4. The Balaban J connectivity index is 1.61. The minimum Gasteiger partial charge on any atom is -0.489 e. The number of alkyl halides is 2. The minimum atomic E-state index is -2.50. The van der Waals surface area contributed by atoms with Crippen LogP contribution >= 0.6 is 15.9 Å². The molecule has 3 rings (SSSR count). The summed E-state index contributed by atoms with van der Waals surface area (Å²) in [5.41, 5.74) is 2.18. The molecule has 0 N–H and O–H groups in total. The van der Waals surface area contributed by atoms with Crippen LogP contribution in [0.1, 0.15) is 24.0 Å². The highest BCUT2D eigenvalue weighted by Gasteiger charge is 2.33. The topological polar surface area (TPSA) is 12.5 Å². The molecule has 0 atom stereocenters. The quantitative estimate of drug-likeness (QED) is 0.684. The molecule has 0 spiro atoms. The highest BCUT2D eigenvalue weighted by atomic mass is 79.9. The van der Waals surface area contributed by atoms with E-state index in [1.807, 2.05) is 48.5 Å². The molecule has 24 heavy (non-hydrogen) atoms. The Morgan fingerprint density at radius 3 is 2.42 bits per heavy atom. The maximum atomic E-state index is 13.3. The molecule has 2 aromatic carbocycles. The summed E-state index contributed by atoms with van der Waals surface area (Å²) >= 11 is 3.50. The van der Waals surface area contributed by atoms with Crippen LogP contribution < -0.4 is 4.74 Å². The van der Waals surface area contributed by atoms with Crippen LogP contribution in [0.5, 0.6) is 5.75 Å². The summed E-state index contributed by atoms with van der Waals surface area (Å²) in [4.78, 5) is 2.07. The van der Waals surface area contributed by atoms with Gasteiger partial charge in [-0.2, -0.15) is 0 Å². The lowest BCUT2D eigenvalue weighted by Crippen LogP contribution is -2.38. The van der Waals surface area contributed by atoms with Crippen LogP contribution in [0, 0.1) is 0 Å². The number of ether oxygens (including phenoxy) is 1. The molecule has 1 heterocycles. The molecular weight excluding hydrogens is 376 g/mol. The van der Waals surface area contributed by atoms with Gasteiger partial charge in [-0.3, -0.25) is 4.90 Å². The van der Waals surface area contributed by atoms with E-state index in [1.54, 1.807) is 0 Å². The SMILES string of the molecule is FC1(F)CCN(Cc2cc(Br)cc(OCc3ccccc3)c2)CC1. The lowest BCUT2D eigenvalue weighted by Gasteiger charge is -2.31. The summed E-state index contributed by atoms with van der Waals surface area (Å²) in [6.45, 7) is 2.03. The van der Waals surface area contributed by atoms with Crippen molar-refractivity contribution in [2.45, 2.75) is 31.9 Å². The third-order valence-electron chi connectivity index (χ3n) is 4.17. The second kappa shape index (κ2) is 7.62. The van der Waals surface area contributed by atoms with Crippen LogP contribution in [0.15, 0.2) is 53.0 Å². The molecule has 0 amide bonds. The van der Waals surface area contributed by atoms with Crippen molar-refractivity contribution in [1.29, 1.82) is 0 Å². The van der Waals surface area contributed by atoms with E-state index in [2.05, 4.69) is 20.8 Å². The first-order valence-electron chi connectivity index (χ1n) is 8.07. The summed E-state index contributed by atoms with van der Waals surface area (Å²) in [7, 11) is 0. The predicted molar refractivity (Wildman–Crippen MR) is 94.4 cm³/mol. The number of hydrogen-bond donors (Lipinski definition) is 0. The number of likely N-dealkylation sites (tertiary alicyclic amines) is 1. The fourth-order valence-corrected chi connectivity index (χ4v) is 3.35. The Morgan fingerprint density at radius 2 is 1.71 bits per heavy atom. The van der Waals surface area contributed by atoms with E-state index in [4.69, 9.17) is 4.74 Å². The van der Waals surface area contributed by atoms with Gasteiger partial charge >= 0.3 is 0 Å². The number of benzene rings is 2. The van der Waals surface area contributed by atoms with Crippen LogP contribution in [0.4, 0.5) is 8.78 Å². The highest BCUT2D eigenvalue weighted by molar-refractivity contribution is 9.10. The number of halogens is 3. The molecular formula is C19H20BrF2NO. The van der Waals surface area contributed by atoms with E-state index in [-0.39, 0.29) is 12.8 Å². The van der Waals surface area contributed by atoms with Gasteiger partial charge in [0.15, 0.2) is 0 Å². The van der Waals surface area contributed by atoms with Crippen molar-refractivity contribution < 1.29 is 13.5 Å². The normalized spacial score (nSPS) is 17.6. The second-order valence-corrected chi connectivity index (χ2v) is 7.12. The standard InChI is InChI=1S/C19H20BrF2NO/c20-17-10-16(13-23-8-6-19(21,22)7-9-23)11-18(12-17)24-14-15-4-2-1-3-5-15/h1-5,10-12H,6-9,13-14H2. The lowest BCUT2D eigenvalue weighted by atomic mass is 10.1. The van der Waals surface area contributed by atoms with Gasteiger partial charge < -0.3 is 4.74 Å². The molecule has 0 bridgehead atoms. The zero-order valence-corrected chi connectivity index (χ0v) is 14.9. The Bertz CT molecular complexity index is 668. The Labute approximate surface area is 149 Å². The molecule has 0 aliphatic carbocycles. The van der Waals surface area contributed by atoms with E-state index in [1.165, 1.54) is 0 Å². The van der Waals surface area contributed by atoms with Crippen LogP contribution in [-0.2, 0) is 13.2 Å². The molecule has 1 saturated heterocycles. The summed E-state index contributed by atoms with van der Waals surface area (Å²) in [6.07, 6.45) is -0.114. The fourth-order valence-electron chi connectivity index (χ4n) is 2.83. The van der Waals surface area contributed by atoms with E-state index in [0.717, 1.165) is 21.3 Å². The van der Waals surface area contributed by atoms with E-state index in [9.17, 15) is 8.78 Å². The van der Waals surface area contributed by atoms with Gasteiger partial charge in [0.05, 0.1) is 0 Å². The van der Waals surface area contributed by atoms with E-state index < -0.39 is 5.92 Å². The minimum absolute atomic E-state index is 0.0572. The smallest absolute Gasteiger partial charge is 0.250 e. The molecule has 0 unspecified atom stereocenters. The van der Waals surface area contributed by atoms with Gasteiger partial charge in [0.2, 0.25) is 0 Å². The molecule has 0 aromatic heterocycles. The summed E-state index contributed by atoms with van der Waals surface area (Å²) in [6, 6.07) is 15.9. The monoisotopic (exact) mass is 395 g/mol. The first-order valence-corrected chi connectivity index (χ1v) is 8.86.